The SMILES string of the molecule is O=C(COc1ccc(Br)cc1Br)NNC(=O)c1ccc(-c2ccccc2)cc1. The second-order valence-electron chi connectivity index (χ2n) is 5.81. The van der Waals surface area contributed by atoms with Gasteiger partial charge in [0.25, 0.3) is 11.8 Å². The second-order valence-corrected chi connectivity index (χ2v) is 7.58. The maximum Gasteiger partial charge on any atom is 0.276 e. The topological polar surface area (TPSA) is 67.4 Å². The molecule has 3 aromatic rings. The van der Waals surface area contributed by atoms with Gasteiger partial charge < -0.3 is 4.74 Å². The Labute approximate surface area is 179 Å². The lowest BCUT2D eigenvalue weighted by Gasteiger charge is -2.10. The molecule has 0 bridgehead atoms. The van der Waals surface area contributed by atoms with Crippen molar-refractivity contribution in [1.29, 1.82) is 0 Å². The van der Waals surface area contributed by atoms with Crippen molar-refractivity contribution in [2.75, 3.05) is 6.61 Å². The monoisotopic (exact) mass is 502 g/mol. The number of hydrazine groups is 1. The summed E-state index contributed by atoms with van der Waals surface area (Å²) in [5.41, 5.74) is 7.24. The molecule has 0 saturated carbocycles. The summed E-state index contributed by atoms with van der Waals surface area (Å²) in [4.78, 5) is 24.1. The Bertz CT molecular complexity index is 977. The minimum Gasteiger partial charge on any atom is -0.483 e. The number of carbonyl (C=O) groups is 2. The third-order valence-electron chi connectivity index (χ3n) is 3.82. The molecule has 0 unspecified atom stereocenters. The Morgan fingerprint density at radius 3 is 2.18 bits per heavy atom. The summed E-state index contributed by atoms with van der Waals surface area (Å²) in [6.07, 6.45) is 0. The maximum atomic E-state index is 12.2. The van der Waals surface area contributed by atoms with Crippen LogP contribution in [0, 0.1) is 0 Å². The third-order valence-corrected chi connectivity index (χ3v) is 4.94. The van der Waals surface area contributed by atoms with Crippen LogP contribution in [0.2, 0.25) is 0 Å². The van der Waals surface area contributed by atoms with Crippen molar-refractivity contribution in [2.24, 2.45) is 0 Å². The summed E-state index contributed by atoms with van der Waals surface area (Å²) in [6, 6.07) is 22.4. The summed E-state index contributed by atoms with van der Waals surface area (Å²) in [7, 11) is 0. The van der Waals surface area contributed by atoms with Crippen molar-refractivity contribution >= 4 is 43.7 Å². The van der Waals surface area contributed by atoms with Gasteiger partial charge in [-0.05, 0) is 57.4 Å². The number of hydrogen-bond acceptors (Lipinski definition) is 3. The van der Waals surface area contributed by atoms with E-state index >= 15 is 0 Å². The van der Waals surface area contributed by atoms with E-state index in [4.69, 9.17) is 4.74 Å². The first-order chi connectivity index (χ1) is 13.5. The van der Waals surface area contributed by atoms with Crippen LogP contribution in [0.4, 0.5) is 0 Å². The van der Waals surface area contributed by atoms with Crippen molar-refractivity contribution < 1.29 is 14.3 Å². The molecular weight excluding hydrogens is 488 g/mol. The summed E-state index contributed by atoms with van der Waals surface area (Å²) >= 11 is 6.70. The van der Waals surface area contributed by atoms with Crippen molar-refractivity contribution in [3.05, 3.63) is 87.3 Å². The predicted molar refractivity (Wildman–Crippen MR) is 115 cm³/mol. The van der Waals surface area contributed by atoms with Crippen LogP contribution in [0.15, 0.2) is 81.7 Å². The van der Waals surface area contributed by atoms with E-state index in [0.717, 1.165) is 20.1 Å². The van der Waals surface area contributed by atoms with Gasteiger partial charge in [0.05, 0.1) is 4.47 Å². The van der Waals surface area contributed by atoms with Gasteiger partial charge in [0, 0.05) is 10.0 Å². The molecule has 7 heteroatoms. The summed E-state index contributed by atoms with van der Waals surface area (Å²) < 4.78 is 7.04. The summed E-state index contributed by atoms with van der Waals surface area (Å²) in [5, 5.41) is 0. The molecule has 0 saturated heterocycles. The zero-order chi connectivity index (χ0) is 19.9. The van der Waals surface area contributed by atoms with E-state index in [2.05, 4.69) is 42.7 Å². The van der Waals surface area contributed by atoms with Gasteiger partial charge in [0.15, 0.2) is 6.61 Å². The molecule has 0 radical (unpaired) electrons. The molecule has 28 heavy (non-hydrogen) atoms. The van der Waals surface area contributed by atoms with Gasteiger partial charge in [-0.25, -0.2) is 0 Å². The third kappa shape index (κ3) is 5.43. The highest BCUT2D eigenvalue weighted by Crippen LogP contribution is 2.28. The van der Waals surface area contributed by atoms with Gasteiger partial charge in [-0.2, -0.15) is 0 Å². The number of amides is 2. The van der Waals surface area contributed by atoms with Crippen LogP contribution >= 0.6 is 31.9 Å². The predicted octanol–water partition coefficient (Wildman–Crippen LogP) is 4.72. The molecule has 142 valence electrons. The number of hydrogen-bond donors (Lipinski definition) is 2. The van der Waals surface area contributed by atoms with Gasteiger partial charge in [-0.1, -0.05) is 58.4 Å². The molecule has 2 amide bonds. The first-order valence-electron chi connectivity index (χ1n) is 8.35. The molecule has 3 rings (SSSR count). The first-order valence-corrected chi connectivity index (χ1v) is 9.94. The highest BCUT2D eigenvalue weighted by atomic mass is 79.9. The maximum absolute atomic E-state index is 12.2. The quantitative estimate of drug-likeness (QED) is 0.495. The Morgan fingerprint density at radius 1 is 0.821 bits per heavy atom. The van der Waals surface area contributed by atoms with E-state index in [1.165, 1.54) is 0 Å². The molecular formula is C21H16Br2N2O3. The lowest BCUT2D eigenvalue weighted by molar-refractivity contribution is -0.123. The van der Waals surface area contributed by atoms with Crippen LogP contribution in [-0.2, 0) is 4.79 Å². The number of carbonyl (C=O) groups excluding carboxylic acids is 2. The minimum atomic E-state index is -0.468. The van der Waals surface area contributed by atoms with Crippen molar-refractivity contribution in [3.63, 3.8) is 0 Å². The Kier molecular flexibility index (Phi) is 6.84. The van der Waals surface area contributed by atoms with Crippen molar-refractivity contribution in [2.45, 2.75) is 0 Å². The molecule has 0 fully saturated rings. The van der Waals surface area contributed by atoms with E-state index in [9.17, 15) is 9.59 Å². The Hall–Kier alpha value is -2.64. The molecule has 2 N–H and O–H groups in total. The Balaban J connectivity index is 1.50. The van der Waals surface area contributed by atoms with Crippen LogP contribution in [-0.4, -0.2) is 18.4 Å². The van der Waals surface area contributed by atoms with Gasteiger partial charge in [0.1, 0.15) is 5.75 Å². The van der Waals surface area contributed by atoms with Gasteiger partial charge in [0.2, 0.25) is 0 Å². The number of rotatable bonds is 5. The van der Waals surface area contributed by atoms with Gasteiger partial charge in [-0.15, -0.1) is 0 Å². The number of nitrogens with one attached hydrogen (secondary N) is 2. The zero-order valence-corrected chi connectivity index (χ0v) is 17.8. The van der Waals surface area contributed by atoms with Crippen LogP contribution in [0.1, 0.15) is 10.4 Å². The van der Waals surface area contributed by atoms with Crippen LogP contribution < -0.4 is 15.6 Å². The fourth-order valence-electron chi connectivity index (χ4n) is 2.41. The van der Waals surface area contributed by atoms with E-state index < -0.39 is 11.8 Å². The molecule has 0 atom stereocenters. The Morgan fingerprint density at radius 2 is 1.50 bits per heavy atom. The fourth-order valence-corrected chi connectivity index (χ4v) is 3.58. The molecule has 0 spiro atoms. The fraction of sp³-hybridized carbons (Fsp3) is 0.0476. The average molecular weight is 504 g/mol. The van der Waals surface area contributed by atoms with Crippen LogP contribution in [0.5, 0.6) is 5.75 Å². The molecule has 0 aliphatic carbocycles. The van der Waals surface area contributed by atoms with E-state index in [1.54, 1.807) is 24.3 Å². The molecule has 0 aromatic heterocycles. The normalized spacial score (nSPS) is 10.2. The van der Waals surface area contributed by atoms with Gasteiger partial charge in [-0.3, -0.25) is 20.4 Å². The first kappa shape index (κ1) is 20.1. The van der Waals surface area contributed by atoms with Crippen molar-refractivity contribution in [3.8, 4) is 16.9 Å². The van der Waals surface area contributed by atoms with Gasteiger partial charge >= 0.3 is 0 Å². The lowest BCUT2D eigenvalue weighted by atomic mass is 10.0. The molecule has 0 aliphatic heterocycles. The van der Waals surface area contributed by atoms with Crippen molar-refractivity contribution in [1.82, 2.24) is 10.9 Å². The molecule has 0 heterocycles. The van der Waals surface area contributed by atoms with Crippen LogP contribution in [0.25, 0.3) is 11.1 Å². The number of benzene rings is 3. The van der Waals surface area contributed by atoms with E-state index in [0.29, 0.717) is 11.3 Å². The number of ether oxygens (including phenoxy) is 1. The van der Waals surface area contributed by atoms with Crippen LogP contribution in [0.3, 0.4) is 0 Å². The number of halogens is 2. The largest absolute Gasteiger partial charge is 0.483 e. The molecule has 0 aliphatic rings. The summed E-state index contributed by atoms with van der Waals surface area (Å²) in [5.74, 6) is -0.344. The lowest BCUT2D eigenvalue weighted by Crippen LogP contribution is -2.43. The highest BCUT2D eigenvalue weighted by molar-refractivity contribution is 9.11. The minimum absolute atomic E-state index is 0.229. The standard InChI is InChI=1S/C21H16Br2N2O3/c22-17-10-11-19(18(23)12-17)28-13-20(26)24-25-21(27)16-8-6-15(7-9-16)14-4-2-1-3-5-14/h1-12H,13H2,(H,24,26)(H,25,27). The van der Waals surface area contributed by atoms with E-state index in [1.807, 2.05) is 48.5 Å². The van der Waals surface area contributed by atoms with E-state index in [-0.39, 0.29) is 6.61 Å². The molecule has 5 nitrogen and oxygen atoms in total. The average Bonchev–Trinajstić information content (AvgIpc) is 2.72. The smallest absolute Gasteiger partial charge is 0.276 e. The summed E-state index contributed by atoms with van der Waals surface area (Å²) in [6.45, 7) is -0.229. The second kappa shape index (κ2) is 9.52. The zero-order valence-electron chi connectivity index (χ0n) is 14.6. The highest BCUT2D eigenvalue weighted by Gasteiger charge is 2.09. The molecule has 3 aromatic carbocycles.